The van der Waals surface area contributed by atoms with Gasteiger partial charge in [-0.25, -0.2) is 4.98 Å². The first kappa shape index (κ1) is 14.6. The van der Waals surface area contributed by atoms with E-state index in [1.165, 1.54) is 11.3 Å². The number of amides is 1. The molecule has 0 aliphatic heterocycles. The smallest absolute Gasteiger partial charge is 0.276 e. The van der Waals surface area contributed by atoms with E-state index < -0.39 is 0 Å². The van der Waals surface area contributed by atoms with Gasteiger partial charge in [-0.3, -0.25) is 15.6 Å². The normalized spacial score (nSPS) is 10.4. The number of carbonyl (C=O) groups is 1. The lowest BCUT2D eigenvalue weighted by Gasteiger charge is -2.08. The summed E-state index contributed by atoms with van der Waals surface area (Å²) in [6, 6.07) is 14.7. The van der Waals surface area contributed by atoms with Gasteiger partial charge in [-0.15, -0.1) is 0 Å². The summed E-state index contributed by atoms with van der Waals surface area (Å²) < 4.78 is 6.39. The van der Waals surface area contributed by atoms with E-state index in [9.17, 15) is 4.79 Å². The van der Waals surface area contributed by atoms with Gasteiger partial charge in [0.15, 0.2) is 6.61 Å². The van der Waals surface area contributed by atoms with Gasteiger partial charge in [0.05, 0.1) is 15.2 Å². The van der Waals surface area contributed by atoms with Crippen LogP contribution in [-0.2, 0) is 4.79 Å². The zero-order valence-electron chi connectivity index (χ0n) is 11.4. The molecule has 0 saturated heterocycles. The monoisotopic (exact) mass is 333 g/mol. The first-order chi connectivity index (χ1) is 10.7. The van der Waals surface area contributed by atoms with E-state index in [1.807, 2.05) is 24.3 Å². The second-order valence-corrected chi connectivity index (χ2v) is 5.82. The molecular weight excluding hydrogens is 322 g/mol. The molecule has 1 aromatic heterocycles. The Morgan fingerprint density at radius 3 is 2.77 bits per heavy atom. The van der Waals surface area contributed by atoms with Crippen LogP contribution < -0.4 is 15.6 Å². The Labute approximate surface area is 135 Å². The maximum atomic E-state index is 11.8. The summed E-state index contributed by atoms with van der Waals surface area (Å²) in [5, 5.41) is 1.08. The number of thiazole rings is 1. The molecule has 0 aliphatic carbocycles. The van der Waals surface area contributed by atoms with Gasteiger partial charge in [0.1, 0.15) is 5.75 Å². The Morgan fingerprint density at radius 1 is 1.18 bits per heavy atom. The van der Waals surface area contributed by atoms with Crippen LogP contribution in [0.1, 0.15) is 0 Å². The van der Waals surface area contributed by atoms with Gasteiger partial charge in [0.25, 0.3) is 5.91 Å². The van der Waals surface area contributed by atoms with Crippen molar-refractivity contribution in [2.45, 2.75) is 0 Å². The fraction of sp³-hybridized carbons (Fsp3) is 0.0667. The molecule has 0 radical (unpaired) electrons. The maximum absolute atomic E-state index is 11.8. The topological polar surface area (TPSA) is 63.2 Å². The fourth-order valence-corrected chi connectivity index (χ4v) is 2.80. The van der Waals surface area contributed by atoms with Gasteiger partial charge in [-0.1, -0.05) is 47.2 Å². The lowest BCUT2D eigenvalue weighted by Crippen LogP contribution is -2.33. The van der Waals surface area contributed by atoms with Crippen LogP contribution in [-0.4, -0.2) is 17.5 Å². The Bertz CT molecular complexity index is 773. The molecule has 0 saturated carbocycles. The average Bonchev–Trinajstić information content (AvgIpc) is 2.95. The number of ether oxygens (including phenoxy) is 1. The molecule has 22 heavy (non-hydrogen) atoms. The molecular formula is C15H12ClN3O2S. The van der Waals surface area contributed by atoms with Crippen LogP contribution in [0, 0.1) is 0 Å². The standard InChI is InChI=1S/C15H12ClN3O2S/c16-10-5-1-3-7-12(10)21-9-14(20)18-19-15-17-11-6-2-4-8-13(11)22-15/h1-8H,9H2,(H,17,19)(H,18,20). The summed E-state index contributed by atoms with van der Waals surface area (Å²) >= 11 is 7.40. The van der Waals surface area contributed by atoms with Crippen molar-refractivity contribution in [1.82, 2.24) is 10.4 Å². The summed E-state index contributed by atoms with van der Waals surface area (Å²) in [7, 11) is 0. The number of anilines is 1. The van der Waals surface area contributed by atoms with E-state index in [1.54, 1.807) is 24.3 Å². The molecule has 3 aromatic rings. The fourth-order valence-electron chi connectivity index (χ4n) is 1.79. The zero-order valence-corrected chi connectivity index (χ0v) is 12.9. The highest BCUT2D eigenvalue weighted by atomic mass is 35.5. The number of aromatic nitrogens is 1. The predicted octanol–water partition coefficient (Wildman–Crippen LogP) is 3.47. The highest BCUT2D eigenvalue weighted by Gasteiger charge is 2.07. The molecule has 0 aliphatic rings. The molecule has 112 valence electrons. The van der Waals surface area contributed by atoms with Crippen LogP contribution in [0.4, 0.5) is 5.13 Å². The SMILES string of the molecule is O=C(COc1ccccc1Cl)NNc1nc2ccccc2s1. The second kappa shape index (κ2) is 6.64. The van der Waals surface area contributed by atoms with E-state index in [-0.39, 0.29) is 12.5 Å². The molecule has 7 heteroatoms. The summed E-state index contributed by atoms with van der Waals surface area (Å²) in [6.07, 6.45) is 0. The van der Waals surface area contributed by atoms with Crippen molar-refractivity contribution < 1.29 is 9.53 Å². The average molecular weight is 334 g/mol. The van der Waals surface area contributed by atoms with E-state index in [2.05, 4.69) is 15.8 Å². The number of para-hydroxylation sites is 2. The van der Waals surface area contributed by atoms with E-state index in [0.717, 1.165) is 10.2 Å². The van der Waals surface area contributed by atoms with Crippen LogP contribution in [0.15, 0.2) is 48.5 Å². The molecule has 2 aromatic carbocycles. The number of fused-ring (bicyclic) bond motifs is 1. The van der Waals surface area contributed by atoms with Crippen LogP contribution in [0.3, 0.4) is 0 Å². The third-order valence-corrected chi connectivity index (χ3v) is 4.06. The van der Waals surface area contributed by atoms with Gasteiger partial charge in [-0.2, -0.15) is 0 Å². The molecule has 0 spiro atoms. The van der Waals surface area contributed by atoms with Crippen LogP contribution in [0.5, 0.6) is 5.75 Å². The number of benzene rings is 2. The number of nitrogens with zero attached hydrogens (tertiary/aromatic N) is 1. The molecule has 5 nitrogen and oxygen atoms in total. The summed E-state index contributed by atoms with van der Waals surface area (Å²) in [5.74, 6) is 0.151. The van der Waals surface area contributed by atoms with Crippen LogP contribution >= 0.6 is 22.9 Å². The lowest BCUT2D eigenvalue weighted by molar-refractivity contribution is -0.122. The summed E-state index contributed by atoms with van der Waals surface area (Å²) in [6.45, 7) is -0.137. The highest BCUT2D eigenvalue weighted by Crippen LogP contribution is 2.25. The summed E-state index contributed by atoms with van der Waals surface area (Å²) in [4.78, 5) is 16.1. The Balaban J connectivity index is 1.53. The van der Waals surface area contributed by atoms with Gasteiger partial charge in [0.2, 0.25) is 5.13 Å². The van der Waals surface area contributed by atoms with Gasteiger partial charge in [-0.05, 0) is 24.3 Å². The van der Waals surface area contributed by atoms with Crippen molar-refractivity contribution in [2.75, 3.05) is 12.0 Å². The van der Waals surface area contributed by atoms with Gasteiger partial charge in [0, 0.05) is 0 Å². The van der Waals surface area contributed by atoms with Crippen molar-refractivity contribution in [3.05, 3.63) is 53.6 Å². The predicted molar refractivity (Wildman–Crippen MR) is 88.3 cm³/mol. The minimum atomic E-state index is -0.320. The number of carbonyl (C=O) groups excluding carboxylic acids is 1. The van der Waals surface area contributed by atoms with Crippen LogP contribution in [0.2, 0.25) is 5.02 Å². The van der Waals surface area contributed by atoms with Crippen molar-refractivity contribution in [2.24, 2.45) is 0 Å². The quantitative estimate of drug-likeness (QED) is 0.702. The highest BCUT2D eigenvalue weighted by molar-refractivity contribution is 7.22. The third-order valence-electron chi connectivity index (χ3n) is 2.80. The number of halogens is 1. The van der Waals surface area contributed by atoms with Gasteiger partial charge < -0.3 is 4.74 Å². The minimum Gasteiger partial charge on any atom is -0.482 e. The second-order valence-electron chi connectivity index (χ2n) is 4.38. The molecule has 1 heterocycles. The maximum Gasteiger partial charge on any atom is 0.276 e. The number of hydrazine groups is 1. The molecule has 0 fully saturated rings. The number of nitrogens with one attached hydrogen (secondary N) is 2. The van der Waals surface area contributed by atoms with Crippen molar-refractivity contribution in [3.63, 3.8) is 0 Å². The first-order valence-electron chi connectivity index (χ1n) is 6.50. The van der Waals surface area contributed by atoms with Crippen LogP contribution in [0.25, 0.3) is 10.2 Å². The Hall–Kier alpha value is -2.31. The number of hydrogen-bond donors (Lipinski definition) is 2. The first-order valence-corrected chi connectivity index (χ1v) is 7.69. The molecule has 0 bridgehead atoms. The third kappa shape index (κ3) is 3.47. The molecule has 3 rings (SSSR count). The van der Waals surface area contributed by atoms with Crippen molar-refractivity contribution in [3.8, 4) is 5.75 Å². The molecule has 2 N–H and O–H groups in total. The Kier molecular flexibility index (Phi) is 4.41. The molecule has 0 unspecified atom stereocenters. The van der Waals surface area contributed by atoms with Crippen molar-refractivity contribution in [1.29, 1.82) is 0 Å². The minimum absolute atomic E-state index is 0.137. The van der Waals surface area contributed by atoms with E-state index in [0.29, 0.717) is 15.9 Å². The molecule has 0 atom stereocenters. The molecule has 1 amide bonds. The lowest BCUT2D eigenvalue weighted by atomic mass is 10.3. The van der Waals surface area contributed by atoms with E-state index in [4.69, 9.17) is 16.3 Å². The number of hydrogen-bond acceptors (Lipinski definition) is 5. The Morgan fingerprint density at radius 2 is 1.95 bits per heavy atom. The summed E-state index contributed by atoms with van der Waals surface area (Å²) in [5.41, 5.74) is 6.21. The van der Waals surface area contributed by atoms with E-state index >= 15 is 0 Å². The van der Waals surface area contributed by atoms with Crippen molar-refractivity contribution >= 4 is 44.2 Å². The zero-order chi connectivity index (χ0) is 15.4. The van der Waals surface area contributed by atoms with Gasteiger partial charge >= 0.3 is 0 Å². The number of rotatable bonds is 5. The largest absolute Gasteiger partial charge is 0.482 e.